The smallest absolute Gasteiger partial charge is 0.159 e. The molecule has 3 heteroatoms. The van der Waals surface area contributed by atoms with Gasteiger partial charge in [-0.3, -0.25) is 0 Å². The molecule has 0 bridgehead atoms. The highest BCUT2D eigenvalue weighted by molar-refractivity contribution is 6.11. The molecular formula is C58H39NO2. The van der Waals surface area contributed by atoms with Crippen LogP contribution in [0.25, 0.3) is 77.3 Å². The second kappa shape index (κ2) is 12.7. The normalized spacial score (nSPS) is 14.9. The van der Waals surface area contributed by atoms with Gasteiger partial charge in [-0.2, -0.15) is 0 Å². The third kappa shape index (κ3) is 4.69. The third-order valence-electron chi connectivity index (χ3n) is 13.5. The van der Waals surface area contributed by atoms with Crippen molar-refractivity contribution >= 4 is 60.9 Å². The van der Waals surface area contributed by atoms with E-state index in [0.29, 0.717) is 5.92 Å². The molecule has 3 nitrogen and oxygen atoms in total. The molecule has 0 saturated carbocycles. The molecule has 2 aliphatic rings. The first-order valence-electron chi connectivity index (χ1n) is 21.3. The van der Waals surface area contributed by atoms with E-state index in [0.717, 1.165) is 60.9 Å². The number of furan rings is 2. The molecule has 0 amide bonds. The summed E-state index contributed by atoms with van der Waals surface area (Å²) in [7, 11) is 0. The Balaban J connectivity index is 1.17. The van der Waals surface area contributed by atoms with Crippen LogP contribution < -0.4 is 4.90 Å². The highest BCUT2D eigenvalue weighted by Crippen LogP contribution is 2.63. The lowest BCUT2D eigenvalue weighted by Gasteiger charge is -2.36. The largest absolute Gasteiger partial charge is 0.456 e. The van der Waals surface area contributed by atoms with Crippen molar-refractivity contribution in [2.75, 3.05) is 4.90 Å². The third-order valence-corrected chi connectivity index (χ3v) is 13.5. The molecule has 0 saturated heterocycles. The van der Waals surface area contributed by atoms with Crippen LogP contribution in [-0.2, 0) is 5.41 Å². The lowest BCUT2D eigenvalue weighted by molar-refractivity contribution is 0.666. The van der Waals surface area contributed by atoms with Crippen LogP contribution in [0.5, 0.6) is 0 Å². The van der Waals surface area contributed by atoms with Gasteiger partial charge in [0.1, 0.15) is 16.7 Å². The molecule has 288 valence electrons. The van der Waals surface area contributed by atoms with Crippen LogP contribution in [-0.4, -0.2) is 0 Å². The molecular weight excluding hydrogens is 743 g/mol. The van der Waals surface area contributed by atoms with Crippen LogP contribution in [0.2, 0.25) is 0 Å². The monoisotopic (exact) mass is 781 g/mol. The van der Waals surface area contributed by atoms with Gasteiger partial charge in [-0.25, -0.2) is 0 Å². The van der Waals surface area contributed by atoms with Gasteiger partial charge in [0.05, 0.1) is 11.1 Å². The van der Waals surface area contributed by atoms with Gasteiger partial charge in [0.15, 0.2) is 5.58 Å². The lowest BCUT2D eigenvalue weighted by atomic mass is 9.65. The highest BCUT2D eigenvalue weighted by atomic mass is 16.3. The molecule has 1 spiro atoms. The van der Waals surface area contributed by atoms with E-state index in [2.05, 4.69) is 207 Å². The quantitative estimate of drug-likeness (QED) is 0.178. The minimum absolute atomic E-state index is 0.412. The predicted molar refractivity (Wildman–Crippen MR) is 252 cm³/mol. The van der Waals surface area contributed by atoms with E-state index < -0.39 is 5.41 Å². The molecule has 13 rings (SSSR count). The predicted octanol–water partition coefficient (Wildman–Crippen LogP) is 16.1. The summed E-state index contributed by atoms with van der Waals surface area (Å²) in [5, 5.41) is 4.48. The molecule has 11 aromatic rings. The number of rotatable bonds is 4. The molecule has 2 aromatic heterocycles. The molecule has 0 N–H and O–H groups in total. The lowest BCUT2D eigenvalue weighted by Crippen LogP contribution is -2.29. The Bertz CT molecular complexity index is 3590. The number of para-hydroxylation sites is 3. The number of hydrogen-bond donors (Lipinski definition) is 0. The standard InChI is InChI=1S/C58H39NO2/c1-35(2)36-26-28-37(29-27-36)59(53-23-13-20-46-44-18-7-12-25-55(44)61-57(46)53)38-30-31-43-40-15-4-3-14-39(40)41-16-5-9-21-49(41)58(51(43)32-38)50-22-10-6-17-42(50)47-33-48-45-19-8-11-24-54(45)60-56(48)34-52(47)58/h3-35H,1-2H3. The van der Waals surface area contributed by atoms with Crippen LogP contribution in [0.1, 0.15) is 47.6 Å². The molecule has 1 atom stereocenters. The van der Waals surface area contributed by atoms with Crippen molar-refractivity contribution in [2.45, 2.75) is 25.2 Å². The highest BCUT2D eigenvalue weighted by Gasteiger charge is 2.50. The fraction of sp³-hybridized carbons (Fsp3) is 0.0690. The SMILES string of the molecule is CC(C)c1ccc(N(c2ccc3c(c2)C2(c4ccccc4-c4ccccc4-3)c3ccccc3-c3cc4c(cc32)oc2ccccc24)c2cccc3c2oc2ccccc23)cc1. The summed E-state index contributed by atoms with van der Waals surface area (Å²) < 4.78 is 13.5. The van der Waals surface area contributed by atoms with Crippen molar-refractivity contribution in [1.82, 2.24) is 0 Å². The number of benzene rings is 9. The van der Waals surface area contributed by atoms with Gasteiger partial charge >= 0.3 is 0 Å². The van der Waals surface area contributed by atoms with E-state index in [1.54, 1.807) is 0 Å². The van der Waals surface area contributed by atoms with Gasteiger partial charge in [-0.15, -0.1) is 0 Å². The molecule has 0 radical (unpaired) electrons. The van der Waals surface area contributed by atoms with E-state index in [1.807, 2.05) is 6.07 Å². The van der Waals surface area contributed by atoms with Gasteiger partial charge < -0.3 is 13.7 Å². The number of hydrogen-bond acceptors (Lipinski definition) is 3. The maximum absolute atomic E-state index is 6.80. The van der Waals surface area contributed by atoms with Gasteiger partial charge in [0.25, 0.3) is 0 Å². The second-order valence-electron chi connectivity index (χ2n) is 16.9. The fourth-order valence-electron chi connectivity index (χ4n) is 10.8. The molecule has 2 heterocycles. The average Bonchev–Trinajstić information content (AvgIpc) is 3.95. The van der Waals surface area contributed by atoms with E-state index >= 15 is 0 Å². The minimum Gasteiger partial charge on any atom is -0.456 e. The minimum atomic E-state index is -0.696. The first-order valence-corrected chi connectivity index (χ1v) is 21.3. The molecule has 0 fully saturated rings. The van der Waals surface area contributed by atoms with Crippen LogP contribution >= 0.6 is 0 Å². The first-order chi connectivity index (χ1) is 30.1. The zero-order valence-electron chi connectivity index (χ0n) is 33.8. The zero-order valence-corrected chi connectivity index (χ0v) is 33.8. The fourth-order valence-corrected chi connectivity index (χ4v) is 10.8. The Hall–Kier alpha value is -7.62. The summed E-state index contributed by atoms with van der Waals surface area (Å²) in [6, 6.07) is 71.3. The van der Waals surface area contributed by atoms with E-state index in [9.17, 15) is 0 Å². The average molecular weight is 782 g/mol. The summed E-state index contributed by atoms with van der Waals surface area (Å²) in [6.45, 7) is 4.50. The topological polar surface area (TPSA) is 29.5 Å². The summed E-state index contributed by atoms with van der Waals surface area (Å²) in [6.07, 6.45) is 0. The molecule has 61 heavy (non-hydrogen) atoms. The Kier molecular flexibility index (Phi) is 7.13. The van der Waals surface area contributed by atoms with Gasteiger partial charge in [0.2, 0.25) is 0 Å². The summed E-state index contributed by atoms with van der Waals surface area (Å²) in [4.78, 5) is 2.40. The van der Waals surface area contributed by atoms with Crippen molar-refractivity contribution in [3.05, 3.63) is 222 Å². The van der Waals surface area contributed by atoms with E-state index in [4.69, 9.17) is 8.83 Å². The van der Waals surface area contributed by atoms with Gasteiger partial charge in [0, 0.05) is 32.9 Å². The van der Waals surface area contributed by atoms with Crippen molar-refractivity contribution in [3.8, 4) is 33.4 Å². The van der Waals surface area contributed by atoms with Crippen molar-refractivity contribution in [3.63, 3.8) is 0 Å². The summed E-state index contributed by atoms with van der Waals surface area (Å²) >= 11 is 0. The van der Waals surface area contributed by atoms with Crippen molar-refractivity contribution < 1.29 is 8.83 Å². The van der Waals surface area contributed by atoms with E-state index in [1.165, 1.54) is 61.2 Å². The Morgan fingerprint density at radius 3 is 1.62 bits per heavy atom. The number of fused-ring (bicyclic) bond motifs is 18. The Morgan fingerprint density at radius 1 is 0.377 bits per heavy atom. The number of anilines is 3. The first kappa shape index (κ1) is 34.3. The van der Waals surface area contributed by atoms with Crippen LogP contribution in [0.3, 0.4) is 0 Å². The van der Waals surface area contributed by atoms with Crippen LogP contribution in [0.4, 0.5) is 17.1 Å². The second-order valence-corrected chi connectivity index (χ2v) is 16.9. The van der Waals surface area contributed by atoms with E-state index in [-0.39, 0.29) is 0 Å². The summed E-state index contributed by atoms with van der Waals surface area (Å²) in [5.41, 5.74) is 19.6. The zero-order chi connectivity index (χ0) is 40.4. The number of nitrogens with zero attached hydrogens (tertiary/aromatic N) is 1. The summed E-state index contributed by atoms with van der Waals surface area (Å²) in [5.74, 6) is 0.412. The molecule has 2 aliphatic carbocycles. The van der Waals surface area contributed by atoms with Gasteiger partial charge in [-0.05, 0) is 122 Å². The van der Waals surface area contributed by atoms with Crippen molar-refractivity contribution in [2.24, 2.45) is 0 Å². The van der Waals surface area contributed by atoms with Gasteiger partial charge in [-0.1, -0.05) is 153 Å². The van der Waals surface area contributed by atoms with Crippen molar-refractivity contribution in [1.29, 1.82) is 0 Å². The van der Waals surface area contributed by atoms with Crippen LogP contribution in [0.15, 0.2) is 203 Å². The Morgan fingerprint density at radius 2 is 0.918 bits per heavy atom. The molecule has 1 unspecified atom stereocenters. The Labute approximate surface area is 353 Å². The molecule has 0 aliphatic heterocycles. The van der Waals surface area contributed by atoms with Crippen LogP contribution in [0, 0.1) is 0 Å². The molecule has 9 aromatic carbocycles. The maximum atomic E-state index is 6.80. The maximum Gasteiger partial charge on any atom is 0.159 e.